The van der Waals surface area contributed by atoms with Gasteiger partial charge in [0.1, 0.15) is 6.61 Å². The first-order valence-electron chi connectivity index (χ1n) is 11.0. The summed E-state index contributed by atoms with van der Waals surface area (Å²) in [4.78, 5) is 26.7. The van der Waals surface area contributed by atoms with Crippen LogP contribution in [-0.4, -0.2) is 58.1 Å². The molecule has 0 aromatic heterocycles. The molecule has 0 saturated heterocycles. The van der Waals surface area contributed by atoms with Crippen LogP contribution in [-0.2, 0) is 0 Å². The third-order valence-corrected chi connectivity index (χ3v) is 5.39. The molecule has 0 aliphatic carbocycles. The molecule has 7 nitrogen and oxygen atoms in total. The average molecular weight is 462 g/mol. The number of anilines is 1. The monoisotopic (exact) mass is 461 g/mol. The smallest absolute Gasteiger partial charge is 0.255 e. The Hall–Kier alpha value is -3.84. The van der Waals surface area contributed by atoms with Crippen LogP contribution in [0.15, 0.2) is 60.7 Å². The Labute approximate surface area is 200 Å². The number of amides is 2. The van der Waals surface area contributed by atoms with E-state index in [0.29, 0.717) is 34.9 Å². The van der Waals surface area contributed by atoms with Gasteiger partial charge in [0.2, 0.25) is 0 Å². The fraction of sp³-hybridized carbons (Fsp3) is 0.259. The minimum atomic E-state index is -0.220. The Morgan fingerprint density at radius 2 is 1.59 bits per heavy atom. The van der Waals surface area contributed by atoms with Gasteiger partial charge >= 0.3 is 0 Å². The van der Waals surface area contributed by atoms with Crippen LogP contribution in [0.5, 0.6) is 11.5 Å². The van der Waals surface area contributed by atoms with Crippen molar-refractivity contribution in [1.82, 2.24) is 10.2 Å². The first-order valence-corrected chi connectivity index (χ1v) is 11.0. The summed E-state index contributed by atoms with van der Waals surface area (Å²) in [7, 11) is 7.15. The Kier molecular flexibility index (Phi) is 8.27. The number of nitrogens with one attached hydrogen (secondary N) is 2. The Balaban J connectivity index is 1.72. The summed E-state index contributed by atoms with van der Waals surface area (Å²) in [6, 6.07) is 18.3. The number of hydrogen-bond donors (Lipinski definition) is 2. The van der Waals surface area contributed by atoms with Crippen LogP contribution in [0.1, 0.15) is 26.3 Å². The van der Waals surface area contributed by atoms with E-state index in [1.165, 1.54) is 0 Å². The van der Waals surface area contributed by atoms with Crippen molar-refractivity contribution in [2.24, 2.45) is 0 Å². The molecule has 34 heavy (non-hydrogen) atoms. The van der Waals surface area contributed by atoms with Crippen LogP contribution in [0.2, 0.25) is 0 Å². The van der Waals surface area contributed by atoms with E-state index in [1.54, 1.807) is 50.6 Å². The van der Waals surface area contributed by atoms with E-state index in [2.05, 4.69) is 10.6 Å². The molecule has 0 saturated carbocycles. The fourth-order valence-electron chi connectivity index (χ4n) is 3.48. The van der Waals surface area contributed by atoms with Crippen molar-refractivity contribution in [3.05, 3.63) is 77.4 Å². The molecule has 3 rings (SSSR count). The Morgan fingerprint density at radius 3 is 2.21 bits per heavy atom. The highest BCUT2D eigenvalue weighted by Crippen LogP contribution is 2.31. The normalized spacial score (nSPS) is 10.6. The zero-order valence-corrected chi connectivity index (χ0v) is 20.3. The molecule has 0 atom stereocenters. The van der Waals surface area contributed by atoms with Crippen LogP contribution < -0.4 is 20.1 Å². The molecule has 0 fully saturated rings. The third kappa shape index (κ3) is 6.14. The van der Waals surface area contributed by atoms with Gasteiger partial charge in [-0.2, -0.15) is 0 Å². The van der Waals surface area contributed by atoms with Crippen LogP contribution in [0.25, 0.3) is 11.1 Å². The quantitative estimate of drug-likeness (QED) is 0.499. The summed E-state index contributed by atoms with van der Waals surface area (Å²) in [6.45, 7) is 3.23. The van der Waals surface area contributed by atoms with Gasteiger partial charge in [0, 0.05) is 36.5 Å². The highest BCUT2D eigenvalue weighted by atomic mass is 16.5. The molecule has 7 heteroatoms. The summed E-state index contributed by atoms with van der Waals surface area (Å²) in [5.41, 5.74) is 4.74. The van der Waals surface area contributed by atoms with Crippen molar-refractivity contribution >= 4 is 17.5 Å². The minimum Gasteiger partial charge on any atom is -0.493 e. The number of hydrogen-bond acceptors (Lipinski definition) is 5. The highest BCUT2D eigenvalue weighted by Gasteiger charge is 2.12. The van der Waals surface area contributed by atoms with Crippen molar-refractivity contribution in [2.45, 2.75) is 6.92 Å². The van der Waals surface area contributed by atoms with Gasteiger partial charge in [0.25, 0.3) is 11.8 Å². The maximum Gasteiger partial charge on any atom is 0.255 e. The van der Waals surface area contributed by atoms with Gasteiger partial charge in [-0.05, 0) is 74.1 Å². The molecule has 0 spiro atoms. The second-order valence-electron chi connectivity index (χ2n) is 8.16. The minimum absolute atomic E-state index is 0.119. The predicted molar refractivity (Wildman–Crippen MR) is 135 cm³/mol. The van der Waals surface area contributed by atoms with E-state index in [-0.39, 0.29) is 11.8 Å². The van der Waals surface area contributed by atoms with E-state index in [1.807, 2.05) is 50.2 Å². The fourth-order valence-corrected chi connectivity index (χ4v) is 3.48. The number of likely N-dealkylation sites (N-methyl/N-ethyl adjacent to an activating group) is 1. The molecule has 178 valence electrons. The van der Waals surface area contributed by atoms with Gasteiger partial charge in [-0.3, -0.25) is 9.59 Å². The largest absolute Gasteiger partial charge is 0.493 e. The molecular formula is C27H31N3O4. The molecule has 0 unspecified atom stereocenters. The SMILES string of the molecule is CNC(=O)c1ccc(-c2ccc(C(=O)Nc3ccc(OC)c(OCCN(C)C)c3)cc2)c(C)c1. The standard InChI is InChI=1S/C27H31N3O4/c1-18-16-21(26(31)28-2)10-12-23(18)19-6-8-20(9-7-19)27(32)29-22-11-13-24(33-5)25(17-22)34-15-14-30(3)4/h6-13,16-17H,14-15H2,1-5H3,(H,28,31)(H,29,32). The number of carbonyl (C=O) groups excluding carboxylic acids is 2. The van der Waals surface area contributed by atoms with Gasteiger partial charge in [-0.15, -0.1) is 0 Å². The zero-order valence-electron chi connectivity index (χ0n) is 20.3. The first-order chi connectivity index (χ1) is 16.3. The van der Waals surface area contributed by atoms with Crippen molar-refractivity contribution < 1.29 is 19.1 Å². The van der Waals surface area contributed by atoms with Gasteiger partial charge in [0.05, 0.1) is 7.11 Å². The molecule has 3 aromatic rings. The molecule has 2 amide bonds. The van der Waals surface area contributed by atoms with E-state index in [9.17, 15) is 9.59 Å². The predicted octanol–water partition coefficient (Wildman–Crippen LogP) is 4.22. The number of aryl methyl sites for hydroxylation is 1. The van der Waals surface area contributed by atoms with Crippen LogP contribution in [0.4, 0.5) is 5.69 Å². The second-order valence-corrected chi connectivity index (χ2v) is 8.16. The van der Waals surface area contributed by atoms with Crippen molar-refractivity contribution in [3.8, 4) is 22.6 Å². The lowest BCUT2D eigenvalue weighted by Gasteiger charge is -2.15. The molecule has 0 radical (unpaired) electrons. The summed E-state index contributed by atoms with van der Waals surface area (Å²) in [6.07, 6.45) is 0. The molecule has 0 heterocycles. The number of benzene rings is 3. The molecule has 0 aliphatic heterocycles. The lowest BCUT2D eigenvalue weighted by Crippen LogP contribution is -2.19. The number of methoxy groups -OCH3 is 1. The third-order valence-electron chi connectivity index (χ3n) is 5.39. The van der Waals surface area contributed by atoms with Crippen molar-refractivity contribution in [1.29, 1.82) is 0 Å². The Morgan fingerprint density at radius 1 is 0.882 bits per heavy atom. The number of rotatable bonds is 9. The van der Waals surface area contributed by atoms with Gasteiger partial charge in [0.15, 0.2) is 11.5 Å². The second kappa shape index (κ2) is 11.3. The molecule has 0 bridgehead atoms. The number of nitrogens with zero attached hydrogens (tertiary/aromatic N) is 1. The zero-order chi connectivity index (χ0) is 24.7. The van der Waals surface area contributed by atoms with Gasteiger partial charge in [-0.25, -0.2) is 0 Å². The summed E-state index contributed by atoms with van der Waals surface area (Å²) in [5.74, 6) is 0.848. The maximum absolute atomic E-state index is 12.8. The lowest BCUT2D eigenvalue weighted by molar-refractivity contribution is 0.0962. The topological polar surface area (TPSA) is 79.9 Å². The molecule has 3 aromatic carbocycles. The Bertz CT molecular complexity index is 1160. The number of carbonyl (C=O) groups is 2. The van der Waals surface area contributed by atoms with Gasteiger partial charge in [-0.1, -0.05) is 18.2 Å². The number of ether oxygens (including phenoxy) is 2. The summed E-state index contributed by atoms with van der Waals surface area (Å²) in [5, 5.41) is 5.55. The van der Waals surface area contributed by atoms with E-state index in [0.717, 1.165) is 23.2 Å². The average Bonchev–Trinajstić information content (AvgIpc) is 2.83. The van der Waals surface area contributed by atoms with Crippen molar-refractivity contribution in [2.75, 3.05) is 46.7 Å². The van der Waals surface area contributed by atoms with E-state index in [4.69, 9.17) is 9.47 Å². The van der Waals surface area contributed by atoms with E-state index < -0.39 is 0 Å². The van der Waals surface area contributed by atoms with Gasteiger partial charge < -0.3 is 25.0 Å². The summed E-state index contributed by atoms with van der Waals surface area (Å²) < 4.78 is 11.2. The molecular weight excluding hydrogens is 430 g/mol. The van der Waals surface area contributed by atoms with Crippen molar-refractivity contribution in [3.63, 3.8) is 0 Å². The first kappa shape index (κ1) is 24.8. The molecule has 0 aliphatic rings. The van der Waals surface area contributed by atoms with Crippen LogP contribution in [0.3, 0.4) is 0 Å². The molecule has 2 N–H and O–H groups in total. The highest BCUT2D eigenvalue weighted by molar-refractivity contribution is 6.04. The lowest BCUT2D eigenvalue weighted by atomic mass is 9.97. The van der Waals surface area contributed by atoms with Crippen LogP contribution >= 0.6 is 0 Å². The van der Waals surface area contributed by atoms with E-state index >= 15 is 0 Å². The van der Waals surface area contributed by atoms with Crippen LogP contribution in [0, 0.1) is 6.92 Å². The maximum atomic E-state index is 12.8. The summed E-state index contributed by atoms with van der Waals surface area (Å²) >= 11 is 0.